The summed E-state index contributed by atoms with van der Waals surface area (Å²) < 4.78 is 6.46. The Morgan fingerprint density at radius 2 is 1.73 bits per heavy atom. The summed E-state index contributed by atoms with van der Waals surface area (Å²) >= 11 is 0. The van der Waals surface area contributed by atoms with Crippen LogP contribution < -0.4 is 10.1 Å². The number of carbonyl (C=O) groups is 1. The van der Waals surface area contributed by atoms with Gasteiger partial charge in [-0.1, -0.05) is 72.8 Å². The molecular formula is C32H35ClN2O2. The van der Waals surface area contributed by atoms with Crippen molar-refractivity contribution in [2.45, 2.75) is 38.3 Å². The normalized spacial score (nSPS) is 17.3. The second kappa shape index (κ2) is 11.4. The monoisotopic (exact) mass is 514 g/mol. The smallest absolute Gasteiger partial charge is 0.253 e. The number of ether oxygens (including phenoxy) is 1. The molecule has 0 fully saturated rings. The highest BCUT2D eigenvalue weighted by Crippen LogP contribution is 2.41. The van der Waals surface area contributed by atoms with Gasteiger partial charge in [-0.25, -0.2) is 0 Å². The van der Waals surface area contributed by atoms with E-state index in [9.17, 15) is 4.79 Å². The molecule has 0 saturated heterocycles. The van der Waals surface area contributed by atoms with Crippen LogP contribution in [0.3, 0.4) is 0 Å². The van der Waals surface area contributed by atoms with E-state index in [1.54, 1.807) is 19.0 Å². The van der Waals surface area contributed by atoms with E-state index in [0.29, 0.717) is 0 Å². The lowest BCUT2D eigenvalue weighted by molar-refractivity contribution is 0.0826. The number of amides is 1. The number of hydrogen-bond acceptors (Lipinski definition) is 3. The van der Waals surface area contributed by atoms with E-state index in [4.69, 9.17) is 4.74 Å². The van der Waals surface area contributed by atoms with Gasteiger partial charge in [-0.15, -0.1) is 12.4 Å². The zero-order valence-corrected chi connectivity index (χ0v) is 22.7. The van der Waals surface area contributed by atoms with E-state index in [1.165, 1.54) is 21.9 Å². The summed E-state index contributed by atoms with van der Waals surface area (Å²) in [7, 11) is 3.61. The molecule has 0 spiro atoms. The van der Waals surface area contributed by atoms with Crippen molar-refractivity contribution >= 4 is 29.1 Å². The summed E-state index contributed by atoms with van der Waals surface area (Å²) in [6.07, 6.45) is 0.877. The molecular weight excluding hydrogens is 480 g/mol. The lowest BCUT2D eigenvalue weighted by Gasteiger charge is -2.34. The predicted molar refractivity (Wildman–Crippen MR) is 154 cm³/mol. The fourth-order valence-corrected chi connectivity index (χ4v) is 5.31. The largest absolute Gasteiger partial charge is 0.489 e. The van der Waals surface area contributed by atoms with E-state index in [0.717, 1.165) is 35.4 Å². The van der Waals surface area contributed by atoms with Crippen LogP contribution in [0.25, 0.3) is 10.8 Å². The molecule has 0 radical (unpaired) electrons. The maximum Gasteiger partial charge on any atom is 0.253 e. The van der Waals surface area contributed by atoms with Crippen LogP contribution in [0.15, 0.2) is 84.9 Å². The number of nitrogens with one attached hydrogen (secondary N) is 1. The SMILES string of the molecule is Cc1ccc(C2CC(CN[C@H](C)c3cccc4ccccc34)Oc3ccccc32)cc1C(=O)N(C)C.Cl. The minimum absolute atomic E-state index is 0. The third-order valence-corrected chi connectivity index (χ3v) is 7.33. The number of benzene rings is 4. The highest BCUT2D eigenvalue weighted by molar-refractivity contribution is 5.95. The molecule has 0 aromatic heterocycles. The highest BCUT2D eigenvalue weighted by atomic mass is 35.5. The van der Waals surface area contributed by atoms with Gasteiger partial charge < -0.3 is 15.0 Å². The molecule has 1 aliphatic rings. The summed E-state index contributed by atoms with van der Waals surface area (Å²) in [5.41, 5.74) is 5.41. The van der Waals surface area contributed by atoms with E-state index in [-0.39, 0.29) is 36.4 Å². The molecule has 192 valence electrons. The molecule has 1 aliphatic heterocycles. The van der Waals surface area contributed by atoms with Crippen LogP contribution in [0, 0.1) is 6.92 Å². The van der Waals surface area contributed by atoms with Crippen LogP contribution in [0.5, 0.6) is 5.75 Å². The molecule has 5 rings (SSSR count). The molecule has 4 aromatic rings. The standard InChI is InChI=1S/C32H34N2O2.ClH/c1-21-16-17-24(18-29(21)32(35)34(3)4)30-19-25(36-31-15-8-7-13-28(30)31)20-33-22(2)26-14-9-11-23-10-5-6-12-27(23)26;/h5-18,22,25,30,33H,19-20H2,1-4H3;1H/t22-,25?,30?;/m1./s1. The molecule has 4 nitrogen and oxygen atoms in total. The second-order valence-corrected chi connectivity index (χ2v) is 10.0. The van der Waals surface area contributed by atoms with Crippen LogP contribution in [0.2, 0.25) is 0 Å². The van der Waals surface area contributed by atoms with Crippen LogP contribution in [-0.4, -0.2) is 37.6 Å². The van der Waals surface area contributed by atoms with Gasteiger partial charge in [-0.05, 0) is 59.9 Å². The fourth-order valence-electron chi connectivity index (χ4n) is 5.31. The molecule has 1 N–H and O–H groups in total. The first-order valence-electron chi connectivity index (χ1n) is 12.7. The average molecular weight is 515 g/mol. The number of halogens is 1. The first-order chi connectivity index (χ1) is 17.4. The number of para-hydroxylation sites is 1. The Balaban J connectivity index is 0.00000320. The Kier molecular flexibility index (Phi) is 8.21. The molecule has 0 saturated carbocycles. The van der Waals surface area contributed by atoms with Crippen LogP contribution in [-0.2, 0) is 0 Å². The molecule has 0 aliphatic carbocycles. The van der Waals surface area contributed by atoms with Crippen LogP contribution in [0.1, 0.15) is 57.9 Å². The summed E-state index contributed by atoms with van der Waals surface area (Å²) in [6, 6.07) is 29.8. The zero-order valence-electron chi connectivity index (χ0n) is 21.9. The maximum atomic E-state index is 12.8. The van der Waals surface area contributed by atoms with Crippen LogP contribution in [0.4, 0.5) is 0 Å². The van der Waals surface area contributed by atoms with Crippen molar-refractivity contribution in [3.63, 3.8) is 0 Å². The van der Waals surface area contributed by atoms with Gasteiger partial charge in [-0.3, -0.25) is 4.79 Å². The molecule has 1 amide bonds. The lowest BCUT2D eigenvalue weighted by atomic mass is 9.83. The first-order valence-corrected chi connectivity index (χ1v) is 12.7. The highest BCUT2D eigenvalue weighted by Gasteiger charge is 2.30. The minimum Gasteiger partial charge on any atom is -0.489 e. The van der Waals surface area contributed by atoms with Gasteiger partial charge >= 0.3 is 0 Å². The molecule has 1 heterocycles. The summed E-state index contributed by atoms with van der Waals surface area (Å²) in [6.45, 7) is 4.96. The van der Waals surface area contributed by atoms with E-state index in [2.05, 4.69) is 91.1 Å². The Labute approximate surface area is 226 Å². The van der Waals surface area contributed by atoms with Gasteiger partial charge in [0.05, 0.1) is 0 Å². The average Bonchev–Trinajstić information content (AvgIpc) is 2.90. The van der Waals surface area contributed by atoms with Crippen molar-refractivity contribution < 1.29 is 9.53 Å². The van der Waals surface area contributed by atoms with Gasteiger partial charge in [0, 0.05) is 43.7 Å². The predicted octanol–water partition coefficient (Wildman–Crippen LogP) is 6.91. The first kappa shape index (κ1) is 26.7. The third-order valence-electron chi connectivity index (χ3n) is 7.33. The van der Waals surface area contributed by atoms with Gasteiger partial charge in [0.25, 0.3) is 5.91 Å². The second-order valence-electron chi connectivity index (χ2n) is 10.0. The molecule has 4 aromatic carbocycles. The quantitative estimate of drug-likeness (QED) is 0.304. The summed E-state index contributed by atoms with van der Waals surface area (Å²) in [5, 5.41) is 6.27. The number of carbonyl (C=O) groups excluding carboxylic acids is 1. The Morgan fingerprint density at radius 1 is 1.00 bits per heavy atom. The van der Waals surface area contributed by atoms with Crippen molar-refractivity contribution in [3.05, 3.63) is 113 Å². The Bertz CT molecular complexity index is 1400. The van der Waals surface area contributed by atoms with Gasteiger partial charge in [0.1, 0.15) is 11.9 Å². The Hall–Kier alpha value is -3.34. The zero-order chi connectivity index (χ0) is 25.2. The number of aryl methyl sites for hydroxylation is 1. The summed E-state index contributed by atoms with van der Waals surface area (Å²) in [4.78, 5) is 14.5. The fraction of sp³-hybridized carbons (Fsp3) is 0.281. The van der Waals surface area contributed by atoms with Crippen LogP contribution >= 0.6 is 12.4 Å². The van der Waals surface area contributed by atoms with E-state index in [1.807, 2.05) is 13.0 Å². The minimum atomic E-state index is 0. The van der Waals surface area contributed by atoms with E-state index >= 15 is 0 Å². The van der Waals surface area contributed by atoms with Crippen molar-refractivity contribution in [2.24, 2.45) is 0 Å². The maximum absolute atomic E-state index is 12.8. The Morgan fingerprint density at radius 3 is 2.54 bits per heavy atom. The molecule has 2 unspecified atom stereocenters. The van der Waals surface area contributed by atoms with Gasteiger partial charge in [-0.2, -0.15) is 0 Å². The molecule has 3 atom stereocenters. The molecule has 5 heteroatoms. The third kappa shape index (κ3) is 5.51. The van der Waals surface area contributed by atoms with Crippen molar-refractivity contribution in [1.82, 2.24) is 10.2 Å². The molecule has 37 heavy (non-hydrogen) atoms. The number of rotatable bonds is 6. The van der Waals surface area contributed by atoms with E-state index < -0.39 is 0 Å². The van der Waals surface area contributed by atoms with Crippen molar-refractivity contribution in [2.75, 3.05) is 20.6 Å². The molecule has 0 bridgehead atoms. The summed E-state index contributed by atoms with van der Waals surface area (Å²) in [5.74, 6) is 1.14. The van der Waals surface area contributed by atoms with Gasteiger partial charge in [0.15, 0.2) is 0 Å². The number of hydrogen-bond donors (Lipinski definition) is 1. The van der Waals surface area contributed by atoms with Crippen molar-refractivity contribution in [3.8, 4) is 5.75 Å². The lowest BCUT2D eigenvalue weighted by Crippen LogP contribution is -2.37. The number of fused-ring (bicyclic) bond motifs is 2. The number of nitrogens with zero attached hydrogens (tertiary/aromatic N) is 1. The van der Waals surface area contributed by atoms with Gasteiger partial charge in [0.2, 0.25) is 0 Å². The van der Waals surface area contributed by atoms with Crippen molar-refractivity contribution in [1.29, 1.82) is 0 Å². The topological polar surface area (TPSA) is 41.6 Å².